The number of aryl methyl sites for hydroxylation is 2. The number of thiophene rings is 1. The molecule has 1 N–H and O–H groups in total. The second-order valence-electron chi connectivity index (χ2n) is 7.96. The predicted molar refractivity (Wildman–Crippen MR) is 143 cm³/mol. The number of aromatic nitrogens is 3. The van der Waals surface area contributed by atoms with E-state index in [2.05, 4.69) is 49.5 Å². The maximum atomic E-state index is 13.1. The van der Waals surface area contributed by atoms with Crippen LogP contribution in [0.5, 0.6) is 0 Å². The Morgan fingerprint density at radius 3 is 2.14 bits per heavy atom. The van der Waals surface area contributed by atoms with Gasteiger partial charge < -0.3 is 0 Å². The highest BCUT2D eigenvalue weighted by Gasteiger charge is 2.22. The highest BCUT2D eigenvalue weighted by molar-refractivity contribution is 9.11. The van der Waals surface area contributed by atoms with Crippen LogP contribution in [0.1, 0.15) is 17.5 Å². The fraction of sp³-hybridized carbons (Fsp3) is 0.115. The fourth-order valence-corrected chi connectivity index (χ4v) is 6.67. The molecule has 0 amide bonds. The van der Waals surface area contributed by atoms with Gasteiger partial charge in [-0.05, 0) is 87.7 Å². The summed E-state index contributed by atoms with van der Waals surface area (Å²) in [5, 5.41) is 0. The van der Waals surface area contributed by atoms with Crippen molar-refractivity contribution >= 4 is 54.1 Å². The van der Waals surface area contributed by atoms with E-state index in [1.807, 2.05) is 54.9 Å². The van der Waals surface area contributed by atoms with Crippen LogP contribution in [0.3, 0.4) is 0 Å². The average Bonchev–Trinajstić information content (AvgIpc) is 3.32. The Labute approximate surface area is 216 Å². The fourth-order valence-electron chi connectivity index (χ4n) is 3.73. The van der Waals surface area contributed by atoms with Gasteiger partial charge in [-0.15, -0.1) is 15.7 Å². The third kappa shape index (κ3) is 5.65. The summed E-state index contributed by atoms with van der Waals surface area (Å²) < 4.78 is 30.8. The second kappa shape index (κ2) is 10.3. The maximum Gasteiger partial charge on any atom is 0.374 e. The zero-order chi connectivity index (χ0) is 24.3. The molecule has 176 valence electrons. The van der Waals surface area contributed by atoms with Gasteiger partial charge in [0.2, 0.25) is 15.5 Å². The minimum Gasteiger partial charge on any atom is -0.296 e. The zero-order valence-corrected chi connectivity index (χ0v) is 21.8. The zero-order valence-electron chi connectivity index (χ0n) is 18.6. The topological polar surface area (TPSA) is 79.3 Å². The van der Waals surface area contributed by atoms with E-state index < -0.39 is 10.0 Å². The van der Waals surface area contributed by atoms with Gasteiger partial charge in [-0.25, -0.2) is 9.19 Å². The van der Waals surface area contributed by atoms with Gasteiger partial charge in [-0.3, -0.25) is 4.55 Å². The summed E-state index contributed by atoms with van der Waals surface area (Å²) in [4.78, 5) is 9.30. The van der Waals surface area contributed by atoms with Crippen molar-refractivity contribution in [3.63, 3.8) is 0 Å². The summed E-state index contributed by atoms with van der Waals surface area (Å²) in [6.07, 6.45) is 6.83. The highest BCUT2D eigenvalue weighted by atomic mass is 79.9. The van der Waals surface area contributed by atoms with Crippen molar-refractivity contribution in [1.29, 1.82) is 0 Å². The Balaban J connectivity index is 1.47. The summed E-state index contributed by atoms with van der Waals surface area (Å²) in [5.74, 6) is 0.513. The molecule has 0 saturated heterocycles. The van der Waals surface area contributed by atoms with Crippen molar-refractivity contribution in [3.8, 4) is 5.82 Å². The van der Waals surface area contributed by atoms with E-state index in [4.69, 9.17) is 4.98 Å². The molecule has 3 heterocycles. The molecule has 2 aromatic carbocycles. The van der Waals surface area contributed by atoms with Crippen LogP contribution in [0.4, 0.5) is 5.82 Å². The standard InChI is InChI=1S/C26H21BrN4O2S2/c27-23-13-14-24(34-23)35(32,33)30-25-26(29-22-12-5-4-11-21(22)28-25)31-17-15-20(16-18-31)10-6-9-19-7-2-1-3-8-19/h1-5,7-8,11-18H,6,9-10H2/p+1. The molecule has 0 radical (unpaired) electrons. The lowest BCUT2D eigenvalue weighted by molar-refractivity contribution is -0.598. The Bertz CT molecular complexity index is 1600. The summed E-state index contributed by atoms with van der Waals surface area (Å²) in [6.45, 7) is 0. The lowest BCUT2D eigenvalue weighted by atomic mass is 10.1. The third-order valence-electron chi connectivity index (χ3n) is 5.47. The van der Waals surface area contributed by atoms with Gasteiger partial charge in [0.25, 0.3) is 5.82 Å². The molecule has 35 heavy (non-hydrogen) atoms. The Morgan fingerprint density at radius 2 is 1.49 bits per heavy atom. The van der Waals surface area contributed by atoms with E-state index in [0.29, 0.717) is 16.9 Å². The molecule has 0 aliphatic heterocycles. The molecular formula is C26H22BrN4O2S2+. The summed E-state index contributed by atoms with van der Waals surface area (Å²) >= 11 is 4.51. The molecule has 1 atom stereocenters. The molecular weight excluding hydrogens is 544 g/mol. The number of para-hydroxylation sites is 2. The quantitative estimate of drug-likeness (QED) is 0.227. The predicted octanol–water partition coefficient (Wildman–Crippen LogP) is 6.54. The van der Waals surface area contributed by atoms with Gasteiger partial charge in [0.05, 0.1) is 16.2 Å². The number of rotatable bonds is 7. The van der Waals surface area contributed by atoms with E-state index in [9.17, 15) is 8.76 Å². The number of nitrogens with zero attached hydrogens (tertiary/aromatic N) is 4. The molecule has 0 fully saturated rings. The first kappa shape index (κ1) is 23.7. The second-order valence-corrected chi connectivity index (χ2v) is 12.3. The van der Waals surface area contributed by atoms with Crippen molar-refractivity contribution in [2.75, 3.05) is 0 Å². The number of pyridine rings is 1. The van der Waals surface area contributed by atoms with Crippen molar-refractivity contribution in [2.24, 2.45) is 4.36 Å². The van der Waals surface area contributed by atoms with E-state index in [1.54, 1.807) is 16.7 Å². The van der Waals surface area contributed by atoms with Crippen molar-refractivity contribution in [3.05, 3.63) is 106 Å². The van der Waals surface area contributed by atoms with Crippen LogP contribution >= 0.6 is 27.3 Å². The number of hydrogen-bond acceptors (Lipinski definition) is 5. The highest BCUT2D eigenvalue weighted by Crippen LogP contribution is 2.30. The van der Waals surface area contributed by atoms with Crippen LogP contribution in [-0.4, -0.2) is 18.7 Å². The molecule has 9 heteroatoms. The Morgan fingerprint density at radius 1 is 0.857 bits per heavy atom. The average molecular weight is 567 g/mol. The first-order valence-electron chi connectivity index (χ1n) is 11.0. The normalized spacial score (nSPS) is 13.0. The van der Waals surface area contributed by atoms with E-state index in [0.717, 1.165) is 23.0 Å². The summed E-state index contributed by atoms with van der Waals surface area (Å²) in [7, 11) is -3.69. The van der Waals surface area contributed by atoms with Crippen LogP contribution in [0, 0.1) is 0 Å². The smallest absolute Gasteiger partial charge is 0.296 e. The largest absolute Gasteiger partial charge is 0.374 e. The Hall–Kier alpha value is -2.98. The molecule has 0 spiro atoms. The number of halogens is 1. The van der Waals surface area contributed by atoms with Gasteiger partial charge in [0, 0.05) is 0 Å². The van der Waals surface area contributed by atoms with Crippen LogP contribution in [0.2, 0.25) is 0 Å². The van der Waals surface area contributed by atoms with Gasteiger partial charge in [0.15, 0.2) is 0 Å². The van der Waals surface area contributed by atoms with Crippen LogP contribution in [-0.2, 0) is 22.9 Å². The van der Waals surface area contributed by atoms with E-state index in [-0.39, 0.29) is 10.0 Å². The number of benzene rings is 2. The third-order valence-corrected chi connectivity index (χ3v) is 8.87. The van der Waals surface area contributed by atoms with Crippen molar-refractivity contribution in [2.45, 2.75) is 23.5 Å². The van der Waals surface area contributed by atoms with Gasteiger partial charge in [-0.1, -0.05) is 42.5 Å². The van der Waals surface area contributed by atoms with Crippen LogP contribution in [0.25, 0.3) is 16.9 Å². The van der Waals surface area contributed by atoms with E-state index >= 15 is 0 Å². The monoisotopic (exact) mass is 565 g/mol. The lowest BCUT2D eigenvalue weighted by Crippen LogP contribution is -2.31. The molecule has 0 aliphatic rings. The summed E-state index contributed by atoms with van der Waals surface area (Å²) in [5.41, 5.74) is 3.83. The van der Waals surface area contributed by atoms with Crippen molar-refractivity contribution in [1.82, 2.24) is 9.97 Å². The first-order valence-corrected chi connectivity index (χ1v) is 14.1. The molecule has 0 aliphatic carbocycles. The maximum absolute atomic E-state index is 13.1. The molecule has 5 rings (SSSR count). The minimum absolute atomic E-state index is 0.113. The van der Waals surface area contributed by atoms with Crippen LogP contribution < -0.4 is 4.57 Å². The molecule has 1 unspecified atom stereocenters. The molecule has 6 nitrogen and oxygen atoms in total. The molecule has 0 saturated carbocycles. The first-order chi connectivity index (χ1) is 17.0. The number of fused-ring (bicyclic) bond motifs is 1. The van der Waals surface area contributed by atoms with Gasteiger partial charge in [-0.2, -0.15) is 4.57 Å². The van der Waals surface area contributed by atoms with Crippen molar-refractivity contribution < 1.29 is 13.3 Å². The molecule has 0 bridgehead atoms. The van der Waals surface area contributed by atoms with Gasteiger partial charge >= 0.3 is 5.82 Å². The molecule has 5 aromatic rings. The molecule has 3 aromatic heterocycles. The van der Waals surface area contributed by atoms with Crippen LogP contribution in [0.15, 0.2) is 104 Å². The van der Waals surface area contributed by atoms with Gasteiger partial charge in [0.1, 0.15) is 9.73 Å². The lowest BCUT2D eigenvalue weighted by Gasteiger charge is -2.05. The number of hydrogen-bond donors (Lipinski definition) is 1. The summed E-state index contributed by atoms with van der Waals surface area (Å²) in [6, 6.07) is 25.3. The Kier molecular flexibility index (Phi) is 7.01. The van der Waals surface area contributed by atoms with E-state index in [1.165, 1.54) is 22.5 Å². The minimum atomic E-state index is -3.69. The SMILES string of the molecule is O=S(O)(=Nc1nc2ccccc2nc1-[n+]1ccc(CCCc2ccccc2)cc1)c1ccc(Br)s1.